The summed E-state index contributed by atoms with van der Waals surface area (Å²) in [5.74, 6) is -0.500. The summed E-state index contributed by atoms with van der Waals surface area (Å²) in [4.78, 5) is 13.0. The third-order valence-corrected chi connectivity index (χ3v) is 7.20. The van der Waals surface area contributed by atoms with E-state index < -0.39 is 28.1 Å². The van der Waals surface area contributed by atoms with E-state index in [2.05, 4.69) is 0 Å². The summed E-state index contributed by atoms with van der Waals surface area (Å²) in [6.45, 7) is -0.00295. The third-order valence-electron chi connectivity index (χ3n) is 4.31. The van der Waals surface area contributed by atoms with Crippen molar-refractivity contribution in [2.45, 2.75) is 23.5 Å². The number of sulfonamides is 1. The van der Waals surface area contributed by atoms with Gasteiger partial charge in [0, 0.05) is 11.4 Å². The Balaban J connectivity index is 2.05. The van der Waals surface area contributed by atoms with Gasteiger partial charge in [-0.1, -0.05) is 0 Å². The molecular weight excluding hydrogens is 380 g/mol. The quantitative estimate of drug-likeness (QED) is 0.521. The lowest BCUT2D eigenvalue weighted by Gasteiger charge is -2.30. The largest absolute Gasteiger partial charge is 0.497 e. The molecule has 0 saturated carbocycles. The summed E-state index contributed by atoms with van der Waals surface area (Å²) in [6, 6.07) is 5.91. The molecule has 0 spiro atoms. The predicted octanol–water partition coefficient (Wildman–Crippen LogP) is 0.911. The van der Waals surface area contributed by atoms with Crippen LogP contribution in [-0.2, 0) is 21.2 Å². The Hall–Kier alpha value is -1.98. The number of carbonyl (C=O) groups is 1. The Bertz CT molecular complexity index is 894. The van der Waals surface area contributed by atoms with Crippen molar-refractivity contribution in [2.75, 3.05) is 13.7 Å². The fourth-order valence-corrected chi connectivity index (χ4v) is 5.49. The molecule has 2 aromatic rings. The first-order chi connectivity index (χ1) is 12.4. The van der Waals surface area contributed by atoms with E-state index in [1.807, 2.05) is 0 Å². The van der Waals surface area contributed by atoms with E-state index in [9.17, 15) is 18.3 Å². The molecule has 0 aliphatic carbocycles. The van der Waals surface area contributed by atoms with Crippen molar-refractivity contribution in [3.8, 4) is 5.75 Å². The van der Waals surface area contributed by atoms with Gasteiger partial charge in [-0.15, -0.1) is 11.3 Å². The highest BCUT2D eigenvalue weighted by Crippen LogP contribution is 2.35. The molecule has 1 aliphatic heterocycles. The highest BCUT2D eigenvalue weighted by Gasteiger charge is 2.43. The number of nitrogens with one attached hydrogen (secondary N) is 1. The van der Waals surface area contributed by atoms with Gasteiger partial charge in [-0.3, -0.25) is 10.0 Å². The minimum atomic E-state index is -4.09. The van der Waals surface area contributed by atoms with E-state index in [1.54, 1.807) is 11.4 Å². The van der Waals surface area contributed by atoms with Crippen LogP contribution in [0.3, 0.4) is 0 Å². The predicted molar refractivity (Wildman–Crippen MR) is 93.6 cm³/mol. The molecular formula is C16H18N2O6S2. The number of nitrogens with zero attached hydrogens (tertiary/aromatic N) is 1. The lowest BCUT2D eigenvalue weighted by atomic mass is 10.0. The number of carbonyl (C=O) groups excluding carboxylic acids is 1. The molecule has 2 atom stereocenters. The summed E-state index contributed by atoms with van der Waals surface area (Å²) in [5, 5.41) is 21.5. The highest BCUT2D eigenvalue weighted by molar-refractivity contribution is 7.89. The summed E-state index contributed by atoms with van der Waals surface area (Å²) < 4.78 is 32.2. The maximum absolute atomic E-state index is 13.1. The molecule has 0 bridgehead atoms. The van der Waals surface area contributed by atoms with E-state index in [-0.39, 0.29) is 11.4 Å². The van der Waals surface area contributed by atoms with Crippen molar-refractivity contribution in [2.24, 2.45) is 0 Å². The monoisotopic (exact) mass is 398 g/mol. The summed E-state index contributed by atoms with van der Waals surface area (Å²) in [7, 11) is -2.63. The third kappa shape index (κ3) is 3.21. The number of rotatable bonds is 4. The number of benzene rings is 1. The maximum atomic E-state index is 13.1. The minimum absolute atomic E-state index is 0.00295. The second-order valence-electron chi connectivity index (χ2n) is 5.71. The maximum Gasteiger partial charge on any atom is 0.264 e. The number of hydroxylamine groups is 1. The van der Waals surface area contributed by atoms with Crippen molar-refractivity contribution in [1.29, 1.82) is 0 Å². The van der Waals surface area contributed by atoms with Gasteiger partial charge >= 0.3 is 0 Å². The van der Waals surface area contributed by atoms with Crippen LogP contribution in [0.25, 0.3) is 0 Å². The molecule has 0 saturated heterocycles. The fourth-order valence-electron chi connectivity index (χ4n) is 2.99. The average molecular weight is 398 g/mol. The number of fused-ring (bicyclic) bond motifs is 1. The molecule has 140 valence electrons. The van der Waals surface area contributed by atoms with Crippen LogP contribution in [0.1, 0.15) is 16.5 Å². The van der Waals surface area contributed by atoms with Crippen LogP contribution < -0.4 is 10.2 Å². The van der Waals surface area contributed by atoms with Crippen LogP contribution in [-0.4, -0.2) is 48.6 Å². The van der Waals surface area contributed by atoms with E-state index in [4.69, 9.17) is 9.94 Å². The van der Waals surface area contributed by atoms with Gasteiger partial charge in [-0.05, 0) is 47.7 Å². The SMILES string of the molecule is COc1ccc(S(=O)(=O)N2CCc3sccc3[C@@H](O)[C@@H]2C(=O)NO)cc1. The number of hydrogen-bond acceptors (Lipinski definition) is 7. The van der Waals surface area contributed by atoms with Gasteiger partial charge in [0.15, 0.2) is 0 Å². The summed E-state index contributed by atoms with van der Waals surface area (Å²) >= 11 is 1.38. The minimum Gasteiger partial charge on any atom is -0.497 e. The zero-order valence-corrected chi connectivity index (χ0v) is 15.5. The molecule has 1 amide bonds. The van der Waals surface area contributed by atoms with Crippen LogP contribution in [0.5, 0.6) is 5.75 Å². The highest BCUT2D eigenvalue weighted by atomic mass is 32.2. The first-order valence-electron chi connectivity index (χ1n) is 7.74. The molecule has 26 heavy (non-hydrogen) atoms. The van der Waals surface area contributed by atoms with E-state index in [0.717, 1.165) is 9.18 Å². The Morgan fingerprint density at radius 3 is 2.62 bits per heavy atom. The van der Waals surface area contributed by atoms with Crippen LogP contribution in [0.2, 0.25) is 0 Å². The van der Waals surface area contributed by atoms with Crippen molar-refractivity contribution >= 4 is 27.3 Å². The number of aliphatic hydroxyl groups is 1. The van der Waals surface area contributed by atoms with Crippen LogP contribution >= 0.6 is 11.3 Å². The van der Waals surface area contributed by atoms with E-state index >= 15 is 0 Å². The standard InChI is InChI=1S/C16H18N2O6S2/c1-24-10-2-4-11(5-3-10)26(22,23)18-8-6-13-12(7-9-25-13)15(19)14(18)16(20)17-21/h2-5,7,9,14-15,19,21H,6,8H2,1H3,(H,17,20)/t14-,15-/m1/s1. The first kappa shape index (κ1) is 18.8. The van der Waals surface area contributed by atoms with Crippen molar-refractivity contribution in [1.82, 2.24) is 9.79 Å². The number of thiophene rings is 1. The molecule has 0 unspecified atom stereocenters. The van der Waals surface area contributed by atoms with E-state index in [1.165, 1.54) is 48.2 Å². The molecule has 1 aromatic heterocycles. The topological polar surface area (TPSA) is 116 Å². The molecule has 1 aromatic carbocycles. The molecule has 0 radical (unpaired) electrons. The fraction of sp³-hybridized carbons (Fsp3) is 0.312. The van der Waals surface area contributed by atoms with Crippen LogP contribution in [0, 0.1) is 0 Å². The number of amides is 1. The Kier molecular flexibility index (Phi) is 5.30. The van der Waals surface area contributed by atoms with Gasteiger partial charge in [0.25, 0.3) is 5.91 Å². The molecule has 3 N–H and O–H groups in total. The molecule has 0 fully saturated rings. The average Bonchev–Trinajstić information content (AvgIpc) is 3.07. The Labute approximate surface area is 154 Å². The second-order valence-corrected chi connectivity index (χ2v) is 8.60. The first-order valence-corrected chi connectivity index (χ1v) is 10.1. The van der Waals surface area contributed by atoms with Gasteiger partial charge in [-0.2, -0.15) is 4.31 Å². The Morgan fingerprint density at radius 1 is 1.31 bits per heavy atom. The van der Waals surface area contributed by atoms with Crippen molar-refractivity contribution in [3.05, 3.63) is 46.2 Å². The number of hydrogen-bond donors (Lipinski definition) is 3. The molecule has 10 heteroatoms. The number of methoxy groups -OCH3 is 1. The molecule has 2 heterocycles. The van der Waals surface area contributed by atoms with Gasteiger partial charge in [0.05, 0.1) is 12.0 Å². The van der Waals surface area contributed by atoms with Crippen LogP contribution in [0.15, 0.2) is 40.6 Å². The van der Waals surface area contributed by atoms with Crippen molar-refractivity contribution in [3.63, 3.8) is 0 Å². The summed E-state index contributed by atoms with van der Waals surface area (Å²) in [6.07, 6.45) is -1.03. The van der Waals surface area contributed by atoms with Gasteiger partial charge in [-0.25, -0.2) is 13.9 Å². The van der Waals surface area contributed by atoms with Gasteiger partial charge in [0.1, 0.15) is 17.9 Å². The lowest BCUT2D eigenvalue weighted by Crippen LogP contribution is -2.51. The normalized spacial score (nSPS) is 20.9. The molecule has 3 rings (SSSR count). The lowest BCUT2D eigenvalue weighted by molar-refractivity contribution is -0.136. The zero-order valence-electron chi connectivity index (χ0n) is 13.8. The van der Waals surface area contributed by atoms with Crippen molar-refractivity contribution < 1.29 is 28.3 Å². The second kappa shape index (κ2) is 7.33. The Morgan fingerprint density at radius 2 is 2.00 bits per heavy atom. The number of aliphatic hydroxyl groups excluding tert-OH is 1. The number of ether oxygens (including phenoxy) is 1. The van der Waals surface area contributed by atoms with Gasteiger partial charge < -0.3 is 9.84 Å². The summed E-state index contributed by atoms with van der Waals surface area (Å²) in [5.41, 5.74) is 1.96. The molecule has 8 nitrogen and oxygen atoms in total. The van der Waals surface area contributed by atoms with Gasteiger partial charge in [0.2, 0.25) is 10.0 Å². The van der Waals surface area contributed by atoms with E-state index in [0.29, 0.717) is 17.7 Å². The zero-order chi connectivity index (χ0) is 18.9. The van der Waals surface area contributed by atoms with Crippen LogP contribution in [0.4, 0.5) is 0 Å². The molecule has 1 aliphatic rings. The smallest absolute Gasteiger partial charge is 0.264 e.